The molecule has 2 fully saturated rings. The van der Waals surface area contributed by atoms with Gasteiger partial charge in [-0.3, -0.25) is 4.79 Å². The van der Waals surface area contributed by atoms with Crippen LogP contribution < -0.4 is 9.64 Å². The SMILES string of the molecule is COc1ccc(S(=O)(=O)N2CCCC(C(=O)N3CCN(c4nc5c(Cl)cccc5s4)CC3)C2)cc1. The van der Waals surface area contributed by atoms with E-state index in [1.165, 1.54) is 4.31 Å². The van der Waals surface area contributed by atoms with E-state index in [4.69, 9.17) is 21.3 Å². The quantitative estimate of drug-likeness (QED) is 0.496. The summed E-state index contributed by atoms with van der Waals surface area (Å²) in [7, 11) is -2.12. The maximum atomic E-state index is 13.3. The third-order valence-corrected chi connectivity index (χ3v) is 9.92. The number of thiazole rings is 1. The van der Waals surface area contributed by atoms with Crippen LogP contribution in [0.15, 0.2) is 47.4 Å². The number of fused-ring (bicyclic) bond motifs is 1. The molecule has 35 heavy (non-hydrogen) atoms. The second-order valence-electron chi connectivity index (χ2n) is 8.77. The number of halogens is 1. The van der Waals surface area contributed by atoms with Crippen molar-refractivity contribution in [3.05, 3.63) is 47.5 Å². The molecular formula is C24H27ClN4O4S2. The number of carbonyl (C=O) groups excluding carboxylic acids is 1. The number of amides is 1. The molecule has 0 aliphatic carbocycles. The number of sulfonamides is 1. The molecule has 2 aromatic carbocycles. The average Bonchev–Trinajstić information content (AvgIpc) is 3.34. The molecule has 0 bridgehead atoms. The van der Waals surface area contributed by atoms with Gasteiger partial charge in [0.05, 0.1) is 27.6 Å². The molecule has 0 spiro atoms. The number of piperazine rings is 1. The standard InChI is InChI=1S/C24H27ClN4O4S2/c1-33-18-7-9-19(10-8-18)35(31,32)29-11-3-4-17(16-29)23(30)27-12-14-28(15-13-27)24-26-22-20(25)5-2-6-21(22)34-24/h2,5-10,17H,3-4,11-16H2,1H3. The second-order valence-corrected chi connectivity index (χ2v) is 12.1. The third-order valence-electron chi connectivity index (χ3n) is 6.65. The van der Waals surface area contributed by atoms with Crippen LogP contribution in [-0.4, -0.2) is 74.9 Å². The smallest absolute Gasteiger partial charge is 0.243 e. The first kappa shape index (κ1) is 24.3. The van der Waals surface area contributed by atoms with Gasteiger partial charge in [-0.25, -0.2) is 13.4 Å². The number of carbonyl (C=O) groups is 1. The molecule has 0 N–H and O–H groups in total. The minimum absolute atomic E-state index is 0.0339. The van der Waals surface area contributed by atoms with E-state index in [1.54, 1.807) is 42.7 Å². The monoisotopic (exact) mass is 534 g/mol. The Morgan fingerprint density at radius 1 is 1.09 bits per heavy atom. The van der Waals surface area contributed by atoms with Crippen LogP contribution >= 0.6 is 22.9 Å². The lowest BCUT2D eigenvalue weighted by atomic mass is 9.98. The van der Waals surface area contributed by atoms with Gasteiger partial charge in [0.15, 0.2) is 5.13 Å². The lowest BCUT2D eigenvalue weighted by Crippen LogP contribution is -2.53. The summed E-state index contributed by atoms with van der Waals surface area (Å²) in [6.07, 6.45) is 1.36. The van der Waals surface area contributed by atoms with Crippen molar-refractivity contribution in [2.75, 3.05) is 51.3 Å². The van der Waals surface area contributed by atoms with Crippen LogP contribution in [0.3, 0.4) is 0 Å². The van der Waals surface area contributed by atoms with Crippen molar-refractivity contribution in [2.24, 2.45) is 5.92 Å². The van der Waals surface area contributed by atoms with E-state index in [-0.39, 0.29) is 23.3 Å². The highest BCUT2D eigenvalue weighted by Crippen LogP contribution is 2.33. The lowest BCUT2D eigenvalue weighted by molar-refractivity contribution is -0.137. The third kappa shape index (κ3) is 4.84. The van der Waals surface area contributed by atoms with Gasteiger partial charge in [0.2, 0.25) is 15.9 Å². The number of ether oxygens (including phenoxy) is 1. The van der Waals surface area contributed by atoms with Crippen molar-refractivity contribution in [1.29, 1.82) is 0 Å². The van der Waals surface area contributed by atoms with Crippen molar-refractivity contribution in [1.82, 2.24) is 14.2 Å². The molecule has 0 radical (unpaired) electrons. The van der Waals surface area contributed by atoms with Crippen LogP contribution in [0.25, 0.3) is 10.2 Å². The summed E-state index contributed by atoms with van der Waals surface area (Å²) >= 11 is 7.88. The van der Waals surface area contributed by atoms with Gasteiger partial charge in [0.25, 0.3) is 0 Å². The fourth-order valence-electron chi connectivity index (χ4n) is 4.67. The molecule has 11 heteroatoms. The van der Waals surface area contributed by atoms with Crippen molar-refractivity contribution in [3.8, 4) is 5.75 Å². The van der Waals surface area contributed by atoms with Crippen molar-refractivity contribution in [3.63, 3.8) is 0 Å². The van der Waals surface area contributed by atoms with Crippen LogP contribution in [0.2, 0.25) is 5.02 Å². The number of hydrogen-bond donors (Lipinski definition) is 0. The van der Waals surface area contributed by atoms with Gasteiger partial charge in [-0.2, -0.15) is 4.31 Å². The van der Waals surface area contributed by atoms with E-state index >= 15 is 0 Å². The normalized spacial score (nSPS) is 19.8. The van der Waals surface area contributed by atoms with Crippen LogP contribution in [-0.2, 0) is 14.8 Å². The van der Waals surface area contributed by atoms with Gasteiger partial charge < -0.3 is 14.5 Å². The second kappa shape index (κ2) is 9.93. The minimum atomic E-state index is -3.66. The lowest BCUT2D eigenvalue weighted by Gasteiger charge is -2.38. The zero-order chi connectivity index (χ0) is 24.6. The van der Waals surface area contributed by atoms with Crippen molar-refractivity contribution in [2.45, 2.75) is 17.7 Å². The summed E-state index contributed by atoms with van der Waals surface area (Å²) in [6.45, 7) is 3.18. The Hall–Kier alpha value is -2.40. The summed E-state index contributed by atoms with van der Waals surface area (Å²) in [4.78, 5) is 22.3. The Bertz CT molecular complexity index is 1320. The van der Waals surface area contributed by atoms with Gasteiger partial charge in [-0.15, -0.1) is 0 Å². The molecule has 1 amide bonds. The van der Waals surface area contributed by atoms with Crippen LogP contribution in [0.5, 0.6) is 5.75 Å². The van der Waals surface area contributed by atoms with Crippen molar-refractivity contribution < 1.29 is 17.9 Å². The number of aromatic nitrogens is 1. The number of benzene rings is 2. The first-order chi connectivity index (χ1) is 16.9. The molecule has 0 saturated carbocycles. The number of piperidine rings is 1. The highest BCUT2D eigenvalue weighted by Gasteiger charge is 2.36. The molecule has 8 nitrogen and oxygen atoms in total. The van der Waals surface area contributed by atoms with E-state index in [9.17, 15) is 13.2 Å². The Morgan fingerprint density at radius 3 is 2.51 bits per heavy atom. The minimum Gasteiger partial charge on any atom is -0.497 e. The van der Waals surface area contributed by atoms with Crippen LogP contribution in [0.4, 0.5) is 5.13 Å². The molecule has 3 heterocycles. The summed E-state index contributed by atoms with van der Waals surface area (Å²) in [5.41, 5.74) is 0.813. The predicted molar refractivity (Wildman–Crippen MR) is 138 cm³/mol. The number of hydrogen-bond acceptors (Lipinski definition) is 7. The molecular weight excluding hydrogens is 508 g/mol. The number of methoxy groups -OCH3 is 1. The maximum Gasteiger partial charge on any atom is 0.243 e. The Morgan fingerprint density at radius 2 is 1.83 bits per heavy atom. The highest BCUT2D eigenvalue weighted by molar-refractivity contribution is 7.89. The zero-order valence-electron chi connectivity index (χ0n) is 19.4. The largest absolute Gasteiger partial charge is 0.497 e. The van der Waals surface area contributed by atoms with Gasteiger partial charge >= 0.3 is 0 Å². The summed E-state index contributed by atoms with van der Waals surface area (Å²) in [5.74, 6) is 0.306. The van der Waals surface area contributed by atoms with Gasteiger partial charge in [-0.1, -0.05) is 29.0 Å². The fourth-order valence-corrected chi connectivity index (χ4v) is 7.51. The van der Waals surface area contributed by atoms with E-state index < -0.39 is 10.0 Å². The van der Waals surface area contributed by atoms with E-state index in [0.29, 0.717) is 56.3 Å². The molecule has 186 valence electrons. The molecule has 1 aromatic heterocycles. The highest BCUT2D eigenvalue weighted by atomic mass is 35.5. The van der Waals surface area contributed by atoms with Gasteiger partial charge in [-0.05, 0) is 49.2 Å². The molecule has 1 unspecified atom stereocenters. The zero-order valence-corrected chi connectivity index (χ0v) is 21.8. The molecule has 2 aliphatic heterocycles. The summed E-state index contributed by atoms with van der Waals surface area (Å²) in [6, 6.07) is 12.1. The van der Waals surface area contributed by atoms with Crippen LogP contribution in [0.1, 0.15) is 12.8 Å². The topological polar surface area (TPSA) is 83.0 Å². The summed E-state index contributed by atoms with van der Waals surface area (Å²) in [5, 5.41) is 1.56. The van der Waals surface area contributed by atoms with E-state index in [2.05, 4.69) is 4.90 Å². The molecule has 5 rings (SSSR count). The predicted octanol–water partition coefficient (Wildman–Crippen LogP) is 3.71. The first-order valence-corrected chi connectivity index (χ1v) is 14.2. The first-order valence-electron chi connectivity index (χ1n) is 11.6. The number of nitrogens with zero attached hydrogens (tertiary/aromatic N) is 4. The van der Waals surface area contributed by atoms with E-state index in [0.717, 1.165) is 15.3 Å². The number of para-hydroxylation sites is 1. The van der Waals surface area contributed by atoms with Crippen LogP contribution in [0, 0.1) is 5.92 Å². The molecule has 2 aliphatic rings. The van der Waals surface area contributed by atoms with Gasteiger partial charge in [0.1, 0.15) is 11.3 Å². The molecule has 1 atom stereocenters. The summed E-state index contributed by atoms with van der Waals surface area (Å²) < 4.78 is 34.0. The Balaban J connectivity index is 1.22. The number of anilines is 1. The van der Waals surface area contributed by atoms with Crippen molar-refractivity contribution >= 4 is 54.2 Å². The maximum absolute atomic E-state index is 13.3. The van der Waals surface area contributed by atoms with Gasteiger partial charge in [0, 0.05) is 39.3 Å². The Labute approximate surface area is 214 Å². The fraction of sp³-hybridized carbons (Fsp3) is 0.417. The van der Waals surface area contributed by atoms with E-state index in [1.807, 2.05) is 23.1 Å². The Kier molecular flexibility index (Phi) is 6.89. The average molecular weight is 535 g/mol. The molecule has 3 aromatic rings. The molecule has 2 saturated heterocycles. The number of rotatable bonds is 5.